The maximum absolute atomic E-state index is 13.9. The topological polar surface area (TPSA) is 138 Å². The van der Waals surface area contributed by atoms with E-state index < -0.39 is 40.1 Å². The lowest BCUT2D eigenvalue weighted by Crippen LogP contribution is -2.64. The summed E-state index contributed by atoms with van der Waals surface area (Å²) in [5.41, 5.74) is 0.617. The van der Waals surface area contributed by atoms with Gasteiger partial charge in [0.15, 0.2) is 11.6 Å². The first-order valence-corrected chi connectivity index (χ1v) is 11.9. The Kier molecular flexibility index (Phi) is 7.68. The summed E-state index contributed by atoms with van der Waals surface area (Å²) in [5, 5.41) is 10.1. The molecule has 1 saturated carbocycles. The van der Waals surface area contributed by atoms with Crippen LogP contribution >= 0.6 is 0 Å². The highest BCUT2D eigenvalue weighted by Gasteiger charge is 2.24. The molecule has 4 amide bonds. The van der Waals surface area contributed by atoms with Crippen molar-refractivity contribution in [1.82, 2.24) is 26.0 Å². The average molecular weight is 458 g/mol. The van der Waals surface area contributed by atoms with Crippen molar-refractivity contribution in [3.05, 3.63) is 29.6 Å². The minimum atomic E-state index is -3.56. The van der Waals surface area contributed by atoms with Gasteiger partial charge in [-0.3, -0.25) is 5.32 Å². The minimum Gasteiger partial charge on any atom is -0.490 e. The molecule has 5 N–H and O–H groups in total. The number of rotatable bonds is 12. The molecule has 172 valence electrons. The number of hydrogen-bond acceptors (Lipinski definition) is 6. The second kappa shape index (κ2) is 10.2. The van der Waals surface area contributed by atoms with Gasteiger partial charge in [-0.2, -0.15) is 0 Å². The van der Waals surface area contributed by atoms with Crippen LogP contribution in [0.15, 0.2) is 18.2 Å². The Hall–Kier alpha value is -2.44. The molecule has 1 aliphatic carbocycles. The molecule has 0 aromatic heterocycles. The van der Waals surface area contributed by atoms with E-state index in [0.717, 1.165) is 12.8 Å². The number of urea groups is 2. The van der Waals surface area contributed by atoms with E-state index in [-0.39, 0.29) is 18.0 Å². The molecule has 1 atom stereocenters. The molecule has 0 unspecified atom stereocenters. The molecule has 1 aromatic carbocycles. The maximum atomic E-state index is 13.9. The van der Waals surface area contributed by atoms with E-state index in [4.69, 9.17) is 4.74 Å². The molecule has 0 spiro atoms. The summed E-state index contributed by atoms with van der Waals surface area (Å²) in [5.74, 6) is 0.0416. The van der Waals surface area contributed by atoms with Gasteiger partial charge in [-0.1, -0.05) is 6.07 Å². The van der Waals surface area contributed by atoms with Crippen LogP contribution in [0.3, 0.4) is 0 Å². The Morgan fingerprint density at radius 3 is 2.61 bits per heavy atom. The van der Waals surface area contributed by atoms with E-state index >= 15 is 0 Å². The van der Waals surface area contributed by atoms with E-state index in [1.807, 2.05) is 5.32 Å². The van der Waals surface area contributed by atoms with E-state index in [2.05, 4.69) is 20.7 Å². The fraction of sp³-hybridized carbons (Fsp3) is 0.579. The zero-order valence-corrected chi connectivity index (χ0v) is 18.1. The van der Waals surface area contributed by atoms with Gasteiger partial charge in [0.2, 0.25) is 10.0 Å². The number of sulfonamides is 1. The second-order valence-corrected chi connectivity index (χ2v) is 9.66. The smallest absolute Gasteiger partial charge is 0.324 e. The number of carbonyl (C=O) groups excluding carboxylic acids is 2. The number of hydrogen-bond donors (Lipinski definition) is 5. The van der Waals surface area contributed by atoms with Gasteiger partial charge in [0.25, 0.3) is 0 Å². The largest absolute Gasteiger partial charge is 0.490 e. The lowest BCUT2D eigenvalue weighted by molar-refractivity contribution is 0.208. The van der Waals surface area contributed by atoms with Crippen molar-refractivity contribution in [3.8, 4) is 5.75 Å². The number of carbonyl (C=O) groups is 2. The standard InChI is InChI=1S/C19H28FN5O5S/c1-12(14-5-6-15(20)16(9-14)30-11-13-3-4-13)25-31(28,29)8-2-7-21-10-17-22-18(26)24-19(27)23-17/h5-6,9,12-13,17,21,25H,2-4,7-8,10-11H2,1H3,(H3,22,23,24,26,27)/t12-/m1/s1. The molecule has 1 heterocycles. The van der Waals surface area contributed by atoms with Crippen molar-refractivity contribution in [2.75, 3.05) is 25.4 Å². The van der Waals surface area contributed by atoms with Crippen LogP contribution in [0.25, 0.3) is 0 Å². The first-order valence-electron chi connectivity index (χ1n) is 10.2. The molecule has 12 heteroatoms. The maximum Gasteiger partial charge on any atom is 0.324 e. The molecule has 1 aliphatic heterocycles. The predicted octanol–water partition coefficient (Wildman–Crippen LogP) is 0.923. The highest BCUT2D eigenvalue weighted by molar-refractivity contribution is 7.89. The van der Waals surface area contributed by atoms with Crippen LogP contribution in [0.1, 0.15) is 37.8 Å². The SMILES string of the molecule is C[C@@H](NS(=O)(=O)CCCNCC1NC(=O)NC(=O)N1)c1ccc(F)c(OCC2CC2)c1. The fourth-order valence-corrected chi connectivity index (χ4v) is 4.37. The molecule has 10 nitrogen and oxygen atoms in total. The summed E-state index contributed by atoms with van der Waals surface area (Å²) in [6, 6.07) is 2.65. The van der Waals surface area contributed by atoms with Crippen molar-refractivity contribution in [2.24, 2.45) is 5.92 Å². The average Bonchev–Trinajstić information content (AvgIpc) is 3.50. The molecule has 0 bridgehead atoms. The van der Waals surface area contributed by atoms with E-state index in [0.29, 0.717) is 31.1 Å². The third kappa shape index (κ3) is 7.64. The Balaban J connectivity index is 1.40. The van der Waals surface area contributed by atoms with Crippen LogP contribution in [0.4, 0.5) is 14.0 Å². The number of nitrogens with one attached hydrogen (secondary N) is 5. The number of ether oxygens (including phenoxy) is 1. The Morgan fingerprint density at radius 1 is 1.23 bits per heavy atom. The fourth-order valence-electron chi connectivity index (χ4n) is 3.05. The predicted molar refractivity (Wildman–Crippen MR) is 111 cm³/mol. The molecule has 2 fully saturated rings. The molecular weight excluding hydrogens is 429 g/mol. The van der Waals surface area contributed by atoms with Gasteiger partial charge in [-0.15, -0.1) is 0 Å². The minimum absolute atomic E-state index is 0.110. The third-order valence-electron chi connectivity index (χ3n) is 4.94. The van der Waals surface area contributed by atoms with Gasteiger partial charge in [0.1, 0.15) is 6.17 Å². The van der Waals surface area contributed by atoms with Gasteiger partial charge in [0.05, 0.1) is 12.4 Å². The molecule has 3 rings (SSSR count). The van der Waals surface area contributed by atoms with Crippen molar-refractivity contribution < 1.29 is 27.1 Å². The molecule has 31 heavy (non-hydrogen) atoms. The van der Waals surface area contributed by atoms with E-state index in [1.165, 1.54) is 18.2 Å². The van der Waals surface area contributed by atoms with Crippen LogP contribution in [0.5, 0.6) is 5.75 Å². The molecule has 1 aromatic rings. The van der Waals surface area contributed by atoms with Gasteiger partial charge in [-0.25, -0.2) is 27.1 Å². The summed E-state index contributed by atoms with van der Waals surface area (Å²) in [7, 11) is -3.56. The van der Waals surface area contributed by atoms with Crippen LogP contribution < -0.4 is 30.7 Å². The summed E-state index contributed by atoms with van der Waals surface area (Å²) < 4.78 is 46.8. The van der Waals surface area contributed by atoms with Crippen molar-refractivity contribution in [3.63, 3.8) is 0 Å². The zero-order chi connectivity index (χ0) is 22.4. The number of imide groups is 1. The third-order valence-corrected chi connectivity index (χ3v) is 6.47. The first kappa shape index (κ1) is 23.2. The van der Waals surface area contributed by atoms with E-state index in [1.54, 1.807) is 6.92 Å². The Morgan fingerprint density at radius 2 is 1.94 bits per heavy atom. The second-order valence-electron chi connectivity index (χ2n) is 7.78. The van der Waals surface area contributed by atoms with Gasteiger partial charge in [-0.05, 0) is 56.3 Å². The Bertz CT molecular complexity index is 893. The monoisotopic (exact) mass is 457 g/mol. The first-order chi connectivity index (χ1) is 14.7. The summed E-state index contributed by atoms with van der Waals surface area (Å²) >= 11 is 0. The highest BCUT2D eigenvalue weighted by Crippen LogP contribution is 2.31. The van der Waals surface area contributed by atoms with Crippen LogP contribution in [0, 0.1) is 11.7 Å². The van der Waals surface area contributed by atoms with Crippen molar-refractivity contribution in [1.29, 1.82) is 0 Å². The zero-order valence-electron chi connectivity index (χ0n) is 17.2. The van der Waals surface area contributed by atoms with Crippen molar-refractivity contribution in [2.45, 2.75) is 38.4 Å². The summed E-state index contributed by atoms with van der Waals surface area (Å²) in [6.45, 7) is 2.80. The number of benzene rings is 1. The summed E-state index contributed by atoms with van der Waals surface area (Å²) in [6.07, 6.45) is 1.94. The van der Waals surface area contributed by atoms with Crippen LogP contribution in [-0.4, -0.2) is 52.1 Å². The van der Waals surface area contributed by atoms with Crippen LogP contribution in [-0.2, 0) is 10.0 Å². The number of halogens is 1. The quantitative estimate of drug-likeness (QED) is 0.296. The van der Waals surface area contributed by atoms with Gasteiger partial charge < -0.3 is 20.7 Å². The lowest BCUT2D eigenvalue weighted by atomic mass is 10.1. The molecule has 0 radical (unpaired) electrons. The van der Waals surface area contributed by atoms with E-state index in [9.17, 15) is 22.4 Å². The Labute approximate surface area is 180 Å². The molecule has 2 aliphatic rings. The molecule has 1 saturated heterocycles. The van der Waals surface area contributed by atoms with Crippen molar-refractivity contribution >= 4 is 22.1 Å². The summed E-state index contributed by atoms with van der Waals surface area (Å²) in [4.78, 5) is 22.4. The van der Waals surface area contributed by atoms with Gasteiger partial charge in [0, 0.05) is 12.6 Å². The lowest BCUT2D eigenvalue weighted by Gasteiger charge is -2.25. The number of amides is 4. The highest BCUT2D eigenvalue weighted by atomic mass is 32.2. The molecular formula is C19H28FN5O5S. The van der Waals surface area contributed by atoms with Crippen LogP contribution in [0.2, 0.25) is 0 Å². The van der Waals surface area contributed by atoms with Gasteiger partial charge >= 0.3 is 12.1 Å². The normalized spacial score (nSPS) is 18.1.